The van der Waals surface area contributed by atoms with Crippen LogP contribution in [-0.4, -0.2) is 116 Å². The van der Waals surface area contributed by atoms with Crippen LogP contribution < -0.4 is 10.2 Å². The highest BCUT2D eigenvalue weighted by Crippen LogP contribution is 2.43. The van der Waals surface area contributed by atoms with E-state index >= 15 is 0 Å². The number of hydrogen-bond acceptors (Lipinski definition) is 6. The summed E-state index contributed by atoms with van der Waals surface area (Å²) in [6.07, 6.45) is 1.54. The molecule has 4 rings (SSSR count). The molecule has 2 aliphatic rings. The first-order chi connectivity index (χ1) is 16.0. The van der Waals surface area contributed by atoms with Crippen LogP contribution in [-0.2, 0) is 4.74 Å². The first kappa shape index (κ1) is 26.3. The maximum absolute atomic E-state index is 13.6. The van der Waals surface area contributed by atoms with Gasteiger partial charge in [-0.1, -0.05) is 0 Å². The number of alkyl halides is 2. The van der Waals surface area contributed by atoms with Gasteiger partial charge in [0, 0.05) is 31.1 Å². The Morgan fingerprint density at radius 3 is 2.06 bits per heavy atom. The van der Waals surface area contributed by atoms with E-state index < -0.39 is 27.4 Å². The highest BCUT2D eigenvalue weighted by Gasteiger charge is 2.57. The largest absolute Gasteiger partial charge is 0.405 e. The van der Waals surface area contributed by atoms with E-state index in [0.717, 1.165) is 4.90 Å². The number of nitrogens with one attached hydrogen (secondary N) is 1. The van der Waals surface area contributed by atoms with E-state index in [-0.39, 0.29) is 49.3 Å². The Morgan fingerprint density at radius 1 is 0.971 bits per heavy atom. The zero-order chi connectivity index (χ0) is 26.0. The van der Waals surface area contributed by atoms with Crippen molar-refractivity contribution in [1.29, 1.82) is 0 Å². The Kier molecular flexibility index (Phi) is 6.30. The molecule has 0 atom stereocenters. The molecule has 1 saturated carbocycles. The Hall–Kier alpha value is -1.77. The lowest BCUT2D eigenvalue weighted by Gasteiger charge is -2.70. The molecule has 0 aromatic carbocycles. The molecule has 0 bridgehead atoms. The fourth-order valence-electron chi connectivity index (χ4n) is 4.11. The van der Waals surface area contributed by atoms with Crippen LogP contribution >= 0.6 is 0 Å². The van der Waals surface area contributed by atoms with Gasteiger partial charge in [-0.15, -0.1) is 0 Å². The fraction of sp³-hybridized carbons (Fsp3) is 0.611. The number of aryl methyl sites for hydroxylation is 1. The molecule has 7 nitrogen and oxygen atoms in total. The Bertz CT molecular complexity index is 1080. The lowest BCUT2D eigenvalue weighted by Crippen LogP contribution is -2.86. The van der Waals surface area contributed by atoms with Crippen molar-refractivity contribution < 1.29 is 13.5 Å². The van der Waals surface area contributed by atoms with E-state index in [4.69, 9.17) is 67.5 Å². The zero-order valence-corrected chi connectivity index (χ0v) is 19.2. The molecule has 35 heavy (non-hydrogen) atoms. The van der Waals surface area contributed by atoms with Crippen LogP contribution in [0.2, 0.25) is 0 Å². The molecule has 0 amide bonds. The van der Waals surface area contributed by atoms with Gasteiger partial charge >= 0.3 is 0 Å². The molecular formula is C18H16B8F2N6O. The smallest absolute Gasteiger partial charge is 0.254 e. The summed E-state index contributed by atoms with van der Waals surface area (Å²) in [6, 6.07) is 2.83. The molecule has 1 aliphatic carbocycles. The second kappa shape index (κ2) is 8.38. The second-order valence-corrected chi connectivity index (χ2v) is 9.26. The maximum atomic E-state index is 13.6. The third-order valence-electron chi connectivity index (χ3n) is 6.26. The average molecular weight is 457 g/mol. The van der Waals surface area contributed by atoms with Gasteiger partial charge in [0.2, 0.25) is 5.92 Å². The van der Waals surface area contributed by atoms with E-state index in [1.807, 2.05) is 0 Å². The van der Waals surface area contributed by atoms with Gasteiger partial charge in [-0.2, -0.15) is 15.1 Å². The van der Waals surface area contributed by atoms with Crippen molar-refractivity contribution in [2.45, 2.75) is 66.0 Å². The highest BCUT2D eigenvalue weighted by molar-refractivity contribution is 6.61. The summed E-state index contributed by atoms with van der Waals surface area (Å²) in [7, 11) is 49.0. The zero-order valence-electron chi connectivity index (χ0n) is 19.2. The predicted octanol–water partition coefficient (Wildman–Crippen LogP) is -1.24. The normalized spacial score (nSPS) is 24.6. The van der Waals surface area contributed by atoms with E-state index in [0.29, 0.717) is 5.69 Å². The quantitative estimate of drug-likeness (QED) is 0.581. The first-order valence-electron chi connectivity index (χ1n) is 10.8. The van der Waals surface area contributed by atoms with E-state index in [2.05, 4.69) is 20.4 Å². The summed E-state index contributed by atoms with van der Waals surface area (Å²) in [5.41, 5.74) is 0.680. The van der Waals surface area contributed by atoms with Crippen LogP contribution in [0, 0.1) is 6.92 Å². The van der Waals surface area contributed by atoms with E-state index in [1.54, 1.807) is 19.2 Å². The molecule has 0 spiro atoms. The Balaban J connectivity index is 1.81. The minimum absolute atomic E-state index is 0.0524. The number of hydrogen-bond donors (Lipinski definition) is 1. The van der Waals surface area contributed by atoms with Crippen molar-refractivity contribution in [3.8, 4) is 5.95 Å². The minimum atomic E-state index is -2.70. The van der Waals surface area contributed by atoms with Crippen LogP contribution in [0.3, 0.4) is 0 Å². The molecule has 162 valence electrons. The van der Waals surface area contributed by atoms with Gasteiger partial charge in [-0.05, 0) is 47.3 Å². The van der Waals surface area contributed by atoms with Crippen molar-refractivity contribution in [3.05, 3.63) is 24.0 Å². The third kappa shape index (κ3) is 4.69. The number of halogens is 2. The molecule has 16 radical (unpaired) electrons. The van der Waals surface area contributed by atoms with Gasteiger partial charge in [-0.25, -0.2) is 13.5 Å². The Labute approximate surface area is 214 Å². The van der Waals surface area contributed by atoms with Gasteiger partial charge < -0.3 is 15.0 Å². The number of morpholine rings is 1. The molecule has 2 aromatic heterocycles. The number of aromatic nitrogens is 4. The average Bonchev–Trinajstić information content (AvgIpc) is 3.14. The highest BCUT2D eigenvalue weighted by atomic mass is 19.3. The number of rotatable bonds is 4. The fourth-order valence-corrected chi connectivity index (χ4v) is 4.11. The van der Waals surface area contributed by atoms with Gasteiger partial charge in [0.15, 0.2) is 0 Å². The van der Waals surface area contributed by atoms with Gasteiger partial charge in [0.1, 0.15) is 43.0 Å². The number of anilines is 2. The summed E-state index contributed by atoms with van der Waals surface area (Å²) >= 11 is 0. The molecule has 1 aliphatic heterocycles. The first-order valence-corrected chi connectivity index (χ1v) is 10.8. The van der Waals surface area contributed by atoms with Gasteiger partial charge in [0.25, 0.3) is 5.95 Å². The molecule has 0 unspecified atom stereocenters. The van der Waals surface area contributed by atoms with Crippen LogP contribution in [0.1, 0.15) is 31.4 Å². The van der Waals surface area contributed by atoms with Crippen LogP contribution in [0.25, 0.3) is 5.95 Å². The van der Waals surface area contributed by atoms with Crippen LogP contribution in [0.4, 0.5) is 20.4 Å². The SMILES string of the molecule is [B]C1([B])OC([B])([B])C([B])([B])N(c2cc(NC3CCC(F)(F)CC3)nc(-n3ccc(C)n3)n2)C1([B])[B]. The van der Waals surface area contributed by atoms with E-state index in [9.17, 15) is 8.78 Å². The molecule has 2 fully saturated rings. The molecular weight excluding hydrogens is 441 g/mol. The van der Waals surface area contributed by atoms with Crippen molar-refractivity contribution >= 4 is 74.4 Å². The molecule has 17 heteroatoms. The van der Waals surface area contributed by atoms with Crippen LogP contribution in [0.5, 0.6) is 0 Å². The standard InChI is InChI=1S/C18H16B8F2N6O/c1-9-4-7-33(32-9)13-30-11(29-10-2-5-14(27,28)6-3-10)8-12(31-13)34-15(19,20)17(23,24)35-18(25,26)16(34,21)22/h4,7-8,10H,2-3,5-6H2,1H3,(H,29,30,31). The van der Waals surface area contributed by atoms with Crippen molar-refractivity contribution in [1.82, 2.24) is 19.7 Å². The molecule has 3 heterocycles. The summed E-state index contributed by atoms with van der Waals surface area (Å²) in [4.78, 5) is 9.83. The Morgan fingerprint density at radius 2 is 1.54 bits per heavy atom. The van der Waals surface area contributed by atoms with Crippen molar-refractivity contribution in [2.24, 2.45) is 0 Å². The lowest BCUT2D eigenvalue weighted by molar-refractivity contribution is -0.0361. The van der Waals surface area contributed by atoms with Crippen LogP contribution in [0.15, 0.2) is 18.3 Å². The summed E-state index contributed by atoms with van der Waals surface area (Å²) in [5.74, 6) is -2.50. The summed E-state index contributed by atoms with van der Waals surface area (Å²) in [6.45, 7) is 1.77. The summed E-state index contributed by atoms with van der Waals surface area (Å²) in [5, 5.41) is -1.80. The molecule has 2 aromatic rings. The monoisotopic (exact) mass is 458 g/mol. The van der Waals surface area contributed by atoms with Crippen molar-refractivity contribution in [3.63, 3.8) is 0 Å². The lowest BCUT2D eigenvalue weighted by atomic mass is 9.30. The molecule has 1 N–H and O–H groups in total. The summed E-state index contributed by atoms with van der Waals surface area (Å²) < 4.78 is 33.9. The van der Waals surface area contributed by atoms with Crippen molar-refractivity contribution in [2.75, 3.05) is 10.2 Å². The maximum Gasteiger partial charge on any atom is 0.254 e. The molecule has 1 saturated heterocycles. The van der Waals surface area contributed by atoms with Gasteiger partial charge in [0.05, 0.1) is 37.1 Å². The van der Waals surface area contributed by atoms with Gasteiger partial charge in [-0.3, -0.25) is 0 Å². The number of nitrogens with zero attached hydrogens (tertiary/aromatic N) is 5. The number of ether oxygens (including phenoxy) is 1. The third-order valence-corrected chi connectivity index (χ3v) is 6.26. The topological polar surface area (TPSA) is 68.1 Å². The minimum Gasteiger partial charge on any atom is -0.405 e. The van der Waals surface area contributed by atoms with E-state index in [1.165, 1.54) is 10.7 Å². The predicted molar refractivity (Wildman–Crippen MR) is 135 cm³/mol. The second-order valence-electron chi connectivity index (χ2n) is 9.26.